The lowest BCUT2D eigenvalue weighted by molar-refractivity contribution is -0.122. The Kier molecular flexibility index (Phi) is 6.06. The van der Waals surface area contributed by atoms with Crippen LogP contribution in [0.15, 0.2) is 36.5 Å². The molecule has 0 aliphatic carbocycles. The van der Waals surface area contributed by atoms with Gasteiger partial charge in [-0.15, -0.1) is 0 Å². The lowest BCUT2D eigenvalue weighted by Crippen LogP contribution is -2.42. The number of ether oxygens (including phenoxy) is 1. The summed E-state index contributed by atoms with van der Waals surface area (Å²) < 4.78 is 5.22. The van der Waals surface area contributed by atoms with E-state index in [1.807, 2.05) is 30.3 Å². The van der Waals surface area contributed by atoms with Crippen LogP contribution < -0.4 is 10.1 Å². The van der Waals surface area contributed by atoms with E-state index >= 15 is 0 Å². The van der Waals surface area contributed by atoms with Crippen molar-refractivity contribution >= 4 is 5.91 Å². The summed E-state index contributed by atoms with van der Waals surface area (Å²) >= 11 is 0. The molecule has 3 rings (SSSR count). The molecule has 2 N–H and O–H groups in total. The molecule has 25 heavy (non-hydrogen) atoms. The van der Waals surface area contributed by atoms with Gasteiger partial charge in [0.05, 0.1) is 13.7 Å². The molecule has 1 atom stereocenters. The van der Waals surface area contributed by atoms with Gasteiger partial charge in [0, 0.05) is 30.9 Å². The number of piperidine rings is 1. The van der Waals surface area contributed by atoms with Gasteiger partial charge in [-0.2, -0.15) is 5.10 Å². The highest BCUT2D eigenvalue weighted by Crippen LogP contribution is 2.24. The predicted molar refractivity (Wildman–Crippen MR) is 96.7 cm³/mol. The summed E-state index contributed by atoms with van der Waals surface area (Å²) in [4.78, 5) is 14.5. The van der Waals surface area contributed by atoms with E-state index in [1.165, 1.54) is 5.69 Å². The third kappa shape index (κ3) is 5.06. The summed E-state index contributed by atoms with van der Waals surface area (Å²) in [5, 5.41) is 10.1. The van der Waals surface area contributed by atoms with E-state index in [0.717, 1.165) is 43.7 Å². The molecule has 1 saturated heterocycles. The molecule has 1 aliphatic rings. The number of benzene rings is 1. The van der Waals surface area contributed by atoms with E-state index in [-0.39, 0.29) is 5.91 Å². The molecule has 1 aliphatic heterocycles. The molecule has 1 aromatic carbocycles. The maximum Gasteiger partial charge on any atom is 0.234 e. The summed E-state index contributed by atoms with van der Waals surface area (Å²) in [5.74, 6) is 1.39. The Labute approximate surface area is 148 Å². The van der Waals surface area contributed by atoms with Crippen LogP contribution in [0, 0.1) is 0 Å². The molecule has 2 heterocycles. The van der Waals surface area contributed by atoms with Gasteiger partial charge in [-0.1, -0.05) is 12.1 Å². The molecule has 134 valence electrons. The van der Waals surface area contributed by atoms with E-state index in [4.69, 9.17) is 4.74 Å². The maximum absolute atomic E-state index is 12.2. The Hall–Kier alpha value is -2.34. The second kappa shape index (κ2) is 8.67. The minimum absolute atomic E-state index is 0.0909. The number of amides is 1. The van der Waals surface area contributed by atoms with Gasteiger partial charge < -0.3 is 10.1 Å². The van der Waals surface area contributed by atoms with Crippen molar-refractivity contribution in [3.8, 4) is 5.75 Å². The summed E-state index contributed by atoms with van der Waals surface area (Å²) in [6.45, 7) is 2.99. The number of nitrogens with one attached hydrogen (secondary N) is 2. The average Bonchev–Trinajstić information content (AvgIpc) is 3.17. The normalized spacial score (nSPS) is 18.0. The van der Waals surface area contributed by atoms with Gasteiger partial charge in [-0.05, 0) is 49.6 Å². The highest BCUT2D eigenvalue weighted by molar-refractivity contribution is 5.78. The van der Waals surface area contributed by atoms with Crippen molar-refractivity contribution in [1.82, 2.24) is 20.4 Å². The number of carbonyl (C=O) groups is 1. The van der Waals surface area contributed by atoms with Crippen LogP contribution in [0.1, 0.15) is 30.0 Å². The molecule has 0 unspecified atom stereocenters. The fourth-order valence-electron chi connectivity index (χ4n) is 3.38. The SMILES string of the molecule is COc1cccc(CCNC(=O)CN2CCC[C@@H](c3ccn[nH]3)C2)c1. The van der Waals surface area contributed by atoms with Gasteiger partial charge in [0.2, 0.25) is 5.91 Å². The third-order valence-corrected chi connectivity index (χ3v) is 4.70. The van der Waals surface area contributed by atoms with Crippen molar-refractivity contribution in [2.24, 2.45) is 0 Å². The zero-order valence-electron chi connectivity index (χ0n) is 14.7. The highest BCUT2D eigenvalue weighted by atomic mass is 16.5. The number of aromatic amines is 1. The Morgan fingerprint density at radius 3 is 3.16 bits per heavy atom. The van der Waals surface area contributed by atoms with Crippen LogP contribution in [-0.4, -0.2) is 54.3 Å². The Bertz CT molecular complexity index is 672. The van der Waals surface area contributed by atoms with Gasteiger partial charge in [-0.25, -0.2) is 0 Å². The van der Waals surface area contributed by atoms with Gasteiger partial charge in [0.1, 0.15) is 5.75 Å². The van der Waals surface area contributed by atoms with Crippen molar-refractivity contribution < 1.29 is 9.53 Å². The van der Waals surface area contributed by atoms with Crippen LogP contribution in [0.5, 0.6) is 5.75 Å². The Morgan fingerprint density at radius 1 is 1.44 bits per heavy atom. The van der Waals surface area contributed by atoms with Gasteiger partial charge >= 0.3 is 0 Å². The summed E-state index contributed by atoms with van der Waals surface area (Å²) in [5.41, 5.74) is 2.33. The molecule has 1 aromatic heterocycles. The quantitative estimate of drug-likeness (QED) is 0.807. The number of H-pyrrole nitrogens is 1. The number of likely N-dealkylation sites (tertiary alicyclic amines) is 1. The molecule has 0 spiro atoms. The smallest absolute Gasteiger partial charge is 0.234 e. The fourth-order valence-corrected chi connectivity index (χ4v) is 3.38. The van der Waals surface area contributed by atoms with Gasteiger partial charge in [-0.3, -0.25) is 14.8 Å². The molecular formula is C19H26N4O2. The molecule has 6 heteroatoms. The topological polar surface area (TPSA) is 70.2 Å². The zero-order valence-corrected chi connectivity index (χ0v) is 14.7. The lowest BCUT2D eigenvalue weighted by atomic mass is 9.95. The summed E-state index contributed by atoms with van der Waals surface area (Å²) in [6.07, 6.45) is 4.86. The number of aromatic nitrogens is 2. The van der Waals surface area contributed by atoms with E-state index in [0.29, 0.717) is 19.0 Å². The highest BCUT2D eigenvalue weighted by Gasteiger charge is 2.23. The van der Waals surface area contributed by atoms with Crippen molar-refractivity contribution in [1.29, 1.82) is 0 Å². The van der Waals surface area contributed by atoms with Crippen molar-refractivity contribution in [3.05, 3.63) is 47.8 Å². The van der Waals surface area contributed by atoms with E-state index in [2.05, 4.69) is 20.4 Å². The molecule has 1 amide bonds. The first-order valence-electron chi connectivity index (χ1n) is 8.86. The predicted octanol–water partition coefficient (Wildman–Crippen LogP) is 1.96. The number of methoxy groups -OCH3 is 1. The molecule has 0 saturated carbocycles. The molecule has 2 aromatic rings. The fraction of sp³-hybridized carbons (Fsp3) is 0.474. The van der Waals surface area contributed by atoms with Crippen LogP contribution >= 0.6 is 0 Å². The molecule has 0 radical (unpaired) electrons. The number of nitrogens with zero attached hydrogens (tertiary/aromatic N) is 2. The Balaban J connectivity index is 1.41. The molecule has 6 nitrogen and oxygen atoms in total. The van der Waals surface area contributed by atoms with E-state index < -0.39 is 0 Å². The minimum Gasteiger partial charge on any atom is -0.497 e. The van der Waals surface area contributed by atoms with Crippen LogP contribution in [0.3, 0.4) is 0 Å². The number of hydrogen-bond donors (Lipinski definition) is 2. The molecule has 0 bridgehead atoms. The number of carbonyl (C=O) groups excluding carboxylic acids is 1. The second-order valence-electron chi connectivity index (χ2n) is 6.54. The second-order valence-corrected chi connectivity index (χ2v) is 6.54. The first kappa shape index (κ1) is 17.5. The van der Waals surface area contributed by atoms with Gasteiger partial charge in [0.25, 0.3) is 0 Å². The largest absolute Gasteiger partial charge is 0.497 e. The van der Waals surface area contributed by atoms with Crippen LogP contribution in [0.2, 0.25) is 0 Å². The number of hydrogen-bond acceptors (Lipinski definition) is 4. The van der Waals surface area contributed by atoms with Crippen molar-refractivity contribution in [2.75, 3.05) is 33.3 Å². The Morgan fingerprint density at radius 2 is 2.36 bits per heavy atom. The standard InChI is InChI=1S/C19H26N4O2/c1-25-17-6-2-4-15(12-17)7-9-20-19(24)14-23-11-3-5-16(13-23)18-8-10-21-22-18/h2,4,6,8,10,12,16H,3,5,7,9,11,13-14H2,1H3,(H,20,24)(H,21,22)/t16-/m1/s1. The zero-order chi connectivity index (χ0) is 17.5. The lowest BCUT2D eigenvalue weighted by Gasteiger charge is -2.31. The van der Waals surface area contributed by atoms with Crippen LogP contribution in [0.25, 0.3) is 0 Å². The van der Waals surface area contributed by atoms with Crippen LogP contribution in [0.4, 0.5) is 0 Å². The number of rotatable bonds is 7. The monoisotopic (exact) mass is 342 g/mol. The molecule has 1 fully saturated rings. The average molecular weight is 342 g/mol. The first-order valence-corrected chi connectivity index (χ1v) is 8.86. The minimum atomic E-state index is 0.0909. The van der Waals surface area contributed by atoms with E-state index in [9.17, 15) is 4.79 Å². The molecular weight excluding hydrogens is 316 g/mol. The first-order chi connectivity index (χ1) is 12.2. The van der Waals surface area contributed by atoms with Crippen molar-refractivity contribution in [2.45, 2.75) is 25.2 Å². The summed E-state index contributed by atoms with van der Waals surface area (Å²) in [7, 11) is 1.66. The van der Waals surface area contributed by atoms with E-state index in [1.54, 1.807) is 13.3 Å². The van der Waals surface area contributed by atoms with Crippen LogP contribution in [-0.2, 0) is 11.2 Å². The van der Waals surface area contributed by atoms with Crippen molar-refractivity contribution in [3.63, 3.8) is 0 Å². The summed E-state index contributed by atoms with van der Waals surface area (Å²) in [6, 6.07) is 9.98. The maximum atomic E-state index is 12.2. The third-order valence-electron chi connectivity index (χ3n) is 4.70. The van der Waals surface area contributed by atoms with Gasteiger partial charge in [0.15, 0.2) is 0 Å².